The van der Waals surface area contributed by atoms with E-state index < -0.39 is 0 Å². The highest BCUT2D eigenvalue weighted by atomic mass is 16.5. The Morgan fingerprint density at radius 3 is 2.62 bits per heavy atom. The van der Waals surface area contributed by atoms with Gasteiger partial charge in [-0.1, -0.05) is 42.4 Å². The number of hydrogen-bond donors (Lipinski definition) is 0. The van der Waals surface area contributed by atoms with E-state index in [1.54, 1.807) is 7.11 Å². The van der Waals surface area contributed by atoms with E-state index in [4.69, 9.17) is 14.0 Å². The molecule has 7 nitrogen and oxygen atoms in total. The fourth-order valence-electron chi connectivity index (χ4n) is 4.01. The van der Waals surface area contributed by atoms with Crippen LogP contribution in [-0.4, -0.2) is 47.3 Å². The fourth-order valence-corrected chi connectivity index (χ4v) is 4.01. The van der Waals surface area contributed by atoms with Gasteiger partial charge in [-0.2, -0.15) is 4.98 Å². The van der Waals surface area contributed by atoms with Gasteiger partial charge in [0.2, 0.25) is 17.6 Å². The summed E-state index contributed by atoms with van der Waals surface area (Å²) in [6.07, 6.45) is 0.423. The van der Waals surface area contributed by atoms with Crippen LogP contribution in [0.5, 0.6) is 11.5 Å². The van der Waals surface area contributed by atoms with Crippen molar-refractivity contribution in [1.29, 1.82) is 0 Å². The molecule has 168 valence electrons. The number of amides is 1. The molecule has 1 aromatic heterocycles. The normalized spacial score (nSPS) is 17.1. The van der Waals surface area contributed by atoms with Crippen LogP contribution in [0.15, 0.2) is 53.1 Å². The maximum Gasteiger partial charge on any atom is 0.232 e. The van der Waals surface area contributed by atoms with Gasteiger partial charge in [-0.25, -0.2) is 0 Å². The minimum absolute atomic E-state index is 0.0407. The number of likely N-dealkylation sites (tertiary alicyclic amines) is 1. The zero-order valence-corrected chi connectivity index (χ0v) is 18.9. The summed E-state index contributed by atoms with van der Waals surface area (Å²) in [5, 5.41) is 4.14. The molecule has 1 aliphatic rings. The highest BCUT2D eigenvalue weighted by molar-refractivity contribution is 5.79. The van der Waals surface area contributed by atoms with Crippen molar-refractivity contribution in [2.24, 2.45) is 0 Å². The first-order valence-electron chi connectivity index (χ1n) is 11.0. The van der Waals surface area contributed by atoms with Crippen molar-refractivity contribution in [3.05, 3.63) is 60.0 Å². The lowest BCUT2D eigenvalue weighted by Gasteiger charge is -2.21. The van der Waals surface area contributed by atoms with E-state index in [-0.39, 0.29) is 23.8 Å². The van der Waals surface area contributed by atoms with Gasteiger partial charge in [0.05, 0.1) is 19.1 Å². The van der Waals surface area contributed by atoms with Gasteiger partial charge in [-0.15, -0.1) is 0 Å². The van der Waals surface area contributed by atoms with Crippen molar-refractivity contribution < 1.29 is 18.8 Å². The zero-order chi connectivity index (χ0) is 22.7. The Morgan fingerprint density at radius 1 is 1.12 bits per heavy atom. The van der Waals surface area contributed by atoms with Gasteiger partial charge in [0.1, 0.15) is 0 Å². The van der Waals surface area contributed by atoms with Crippen molar-refractivity contribution in [2.75, 3.05) is 20.2 Å². The summed E-state index contributed by atoms with van der Waals surface area (Å²) in [5.74, 6) is 2.52. The summed E-state index contributed by atoms with van der Waals surface area (Å²) in [6.45, 7) is 7.33. The number of methoxy groups -OCH3 is 1. The van der Waals surface area contributed by atoms with E-state index in [9.17, 15) is 4.79 Å². The highest BCUT2D eigenvalue weighted by Crippen LogP contribution is 2.34. The number of hydrogen-bond acceptors (Lipinski definition) is 6. The topological polar surface area (TPSA) is 77.7 Å². The Labute approximate surface area is 188 Å². The third kappa shape index (κ3) is 4.77. The second-order valence-corrected chi connectivity index (χ2v) is 8.50. The van der Waals surface area contributed by atoms with Gasteiger partial charge in [0, 0.05) is 25.1 Å². The van der Waals surface area contributed by atoms with Crippen LogP contribution in [0.1, 0.15) is 50.5 Å². The van der Waals surface area contributed by atoms with Crippen molar-refractivity contribution >= 4 is 5.91 Å². The molecule has 1 fully saturated rings. The monoisotopic (exact) mass is 435 g/mol. The number of benzene rings is 2. The predicted octanol–water partition coefficient (Wildman–Crippen LogP) is 4.65. The van der Waals surface area contributed by atoms with Gasteiger partial charge < -0.3 is 18.9 Å². The second kappa shape index (κ2) is 9.42. The van der Waals surface area contributed by atoms with Gasteiger partial charge in [-0.05, 0) is 43.5 Å². The van der Waals surface area contributed by atoms with Gasteiger partial charge in [0.15, 0.2) is 11.5 Å². The molecule has 4 rings (SSSR count). The molecule has 32 heavy (non-hydrogen) atoms. The number of aromatic nitrogens is 2. The predicted molar refractivity (Wildman–Crippen MR) is 121 cm³/mol. The number of carbonyl (C=O) groups is 1. The molecular weight excluding hydrogens is 406 g/mol. The van der Waals surface area contributed by atoms with Crippen LogP contribution in [0.2, 0.25) is 0 Å². The first-order chi connectivity index (χ1) is 15.4. The maximum atomic E-state index is 12.6. The molecule has 7 heteroatoms. The van der Waals surface area contributed by atoms with E-state index >= 15 is 0 Å². The van der Waals surface area contributed by atoms with Crippen LogP contribution < -0.4 is 9.47 Å². The molecule has 1 amide bonds. The minimum Gasteiger partial charge on any atom is -0.493 e. The second-order valence-electron chi connectivity index (χ2n) is 8.50. The van der Waals surface area contributed by atoms with Crippen molar-refractivity contribution in [3.63, 3.8) is 0 Å². The summed E-state index contributed by atoms with van der Waals surface area (Å²) in [5.41, 5.74) is 1.99. The first kappa shape index (κ1) is 21.9. The molecule has 0 N–H and O–H groups in total. The largest absolute Gasteiger partial charge is 0.493 e. The van der Waals surface area contributed by atoms with E-state index in [1.807, 2.05) is 55.1 Å². The lowest BCUT2D eigenvalue weighted by Crippen LogP contribution is -2.29. The van der Waals surface area contributed by atoms with Crippen LogP contribution in [0, 0.1) is 0 Å². The van der Waals surface area contributed by atoms with Gasteiger partial charge >= 0.3 is 0 Å². The zero-order valence-electron chi connectivity index (χ0n) is 18.9. The Hall–Kier alpha value is -3.35. The fraction of sp³-hybridized carbons (Fsp3) is 0.400. The Balaban J connectivity index is 1.45. The van der Waals surface area contributed by atoms with Crippen LogP contribution in [-0.2, 0) is 4.79 Å². The molecule has 0 saturated carbocycles. The van der Waals surface area contributed by atoms with E-state index in [0.717, 1.165) is 5.56 Å². The number of nitrogens with zero attached hydrogens (tertiary/aromatic N) is 3. The van der Waals surface area contributed by atoms with Gasteiger partial charge in [0.25, 0.3) is 0 Å². The molecule has 2 atom stereocenters. The van der Waals surface area contributed by atoms with E-state index in [1.165, 1.54) is 5.56 Å². The Kier molecular flexibility index (Phi) is 6.44. The maximum absolute atomic E-state index is 12.6. The SMILES string of the molecule is COc1cc(-c2noc(C3CC(=O)N(CC(C)c4ccccc4)C3)n2)ccc1OC(C)C. The lowest BCUT2D eigenvalue weighted by molar-refractivity contribution is -0.127. The molecule has 1 aliphatic heterocycles. The molecule has 3 aromatic rings. The lowest BCUT2D eigenvalue weighted by atomic mass is 10.0. The number of carbonyl (C=O) groups excluding carboxylic acids is 1. The molecule has 0 radical (unpaired) electrons. The average Bonchev–Trinajstić information content (AvgIpc) is 3.41. The minimum atomic E-state index is -0.0998. The molecule has 2 heterocycles. The van der Waals surface area contributed by atoms with Gasteiger partial charge in [-0.3, -0.25) is 4.79 Å². The van der Waals surface area contributed by atoms with Crippen molar-refractivity contribution in [2.45, 2.75) is 45.1 Å². The summed E-state index contributed by atoms with van der Waals surface area (Å²) in [6, 6.07) is 15.8. The van der Waals surface area contributed by atoms with E-state index in [0.29, 0.717) is 42.7 Å². The quantitative estimate of drug-likeness (QED) is 0.512. The molecular formula is C25H29N3O4. The standard InChI is InChI=1S/C25H29N3O4/c1-16(2)31-21-11-10-19(12-22(21)30-4)24-26-25(32-27-24)20-13-23(29)28(15-20)14-17(3)18-8-6-5-7-9-18/h5-12,16-17,20H,13-15H2,1-4H3. The summed E-state index contributed by atoms with van der Waals surface area (Å²) in [4.78, 5) is 19.1. The molecule has 2 aromatic carbocycles. The summed E-state index contributed by atoms with van der Waals surface area (Å²) in [7, 11) is 1.60. The average molecular weight is 436 g/mol. The molecule has 0 aliphatic carbocycles. The number of ether oxygens (including phenoxy) is 2. The molecule has 2 unspecified atom stereocenters. The molecule has 1 saturated heterocycles. The summed E-state index contributed by atoms with van der Waals surface area (Å²) >= 11 is 0. The Bertz CT molecular complexity index is 1060. The van der Waals surface area contributed by atoms with Crippen LogP contribution >= 0.6 is 0 Å². The van der Waals surface area contributed by atoms with Crippen LogP contribution in [0.25, 0.3) is 11.4 Å². The smallest absolute Gasteiger partial charge is 0.232 e. The highest BCUT2D eigenvalue weighted by Gasteiger charge is 2.35. The van der Waals surface area contributed by atoms with Crippen molar-refractivity contribution in [1.82, 2.24) is 15.0 Å². The van der Waals surface area contributed by atoms with E-state index in [2.05, 4.69) is 29.2 Å². The van der Waals surface area contributed by atoms with Crippen LogP contribution in [0.4, 0.5) is 0 Å². The third-order valence-corrected chi connectivity index (χ3v) is 5.65. The molecule has 0 bridgehead atoms. The molecule has 0 spiro atoms. The Morgan fingerprint density at radius 2 is 1.91 bits per heavy atom. The van der Waals surface area contributed by atoms with Crippen molar-refractivity contribution in [3.8, 4) is 22.9 Å². The number of rotatable bonds is 8. The third-order valence-electron chi connectivity index (χ3n) is 5.65. The first-order valence-corrected chi connectivity index (χ1v) is 11.0. The van der Waals surface area contributed by atoms with Crippen LogP contribution in [0.3, 0.4) is 0 Å². The summed E-state index contributed by atoms with van der Waals surface area (Å²) < 4.78 is 16.8.